The second-order valence-electron chi connectivity index (χ2n) is 7.26. The molecule has 7 nitrogen and oxygen atoms in total. The van der Waals surface area contributed by atoms with E-state index in [4.69, 9.17) is 27.6 Å². The zero-order valence-corrected chi connectivity index (χ0v) is 20.5. The number of aromatic nitrogens is 3. The van der Waals surface area contributed by atoms with E-state index in [-0.39, 0.29) is 11.5 Å². The topological polar surface area (TPSA) is 82.1 Å². The minimum atomic E-state index is -0.379. The number of carbonyl (C=O) groups is 1. The van der Waals surface area contributed by atoms with Gasteiger partial charge in [0, 0.05) is 22.0 Å². The van der Waals surface area contributed by atoms with Crippen molar-refractivity contribution in [3.05, 3.63) is 102 Å². The number of rotatable bonds is 7. The lowest BCUT2D eigenvalue weighted by Gasteiger charge is -2.06. The van der Waals surface area contributed by atoms with E-state index in [1.807, 2.05) is 18.2 Å². The molecule has 0 aliphatic carbocycles. The largest absolute Gasteiger partial charge is 0.472 e. The Morgan fingerprint density at radius 3 is 2.50 bits per heavy atom. The van der Waals surface area contributed by atoms with Gasteiger partial charge >= 0.3 is 0 Å². The van der Waals surface area contributed by atoms with Crippen LogP contribution in [0.25, 0.3) is 11.3 Å². The molecule has 5 aromatic rings. The van der Waals surface area contributed by atoms with Crippen molar-refractivity contribution in [2.24, 2.45) is 0 Å². The van der Waals surface area contributed by atoms with Crippen LogP contribution in [0.3, 0.4) is 0 Å². The fourth-order valence-electron chi connectivity index (χ4n) is 3.39. The number of nitrogens with zero attached hydrogens (tertiary/aromatic N) is 3. The van der Waals surface area contributed by atoms with E-state index in [1.165, 1.54) is 39.9 Å². The number of furan rings is 1. The summed E-state index contributed by atoms with van der Waals surface area (Å²) in [6.07, 6.45) is 4.49. The molecule has 0 radical (unpaired) electrons. The van der Waals surface area contributed by atoms with Crippen molar-refractivity contribution in [2.45, 2.75) is 13.1 Å². The van der Waals surface area contributed by atoms with Gasteiger partial charge in [-0.2, -0.15) is 9.78 Å². The summed E-state index contributed by atoms with van der Waals surface area (Å²) in [7, 11) is 0. The Hall–Kier alpha value is -3.11. The van der Waals surface area contributed by atoms with Crippen molar-refractivity contribution in [3.63, 3.8) is 0 Å². The van der Waals surface area contributed by atoms with Crippen molar-refractivity contribution < 1.29 is 9.21 Å². The molecular formula is C23H16Cl2N4O3S2. The summed E-state index contributed by atoms with van der Waals surface area (Å²) in [4.78, 5) is 28.3. The average Bonchev–Trinajstić information content (AvgIpc) is 3.62. The van der Waals surface area contributed by atoms with Gasteiger partial charge in [0.25, 0.3) is 11.5 Å². The summed E-state index contributed by atoms with van der Waals surface area (Å²) in [5.41, 5.74) is 0.888. The molecule has 5 heterocycles. The third-order valence-electron chi connectivity index (χ3n) is 4.99. The summed E-state index contributed by atoms with van der Waals surface area (Å²) >= 11 is 14.9. The molecule has 1 N–H and O–H groups in total. The molecular weight excluding hydrogens is 515 g/mol. The first kappa shape index (κ1) is 22.7. The van der Waals surface area contributed by atoms with E-state index in [1.54, 1.807) is 41.1 Å². The van der Waals surface area contributed by atoms with Crippen LogP contribution >= 0.6 is 45.9 Å². The quantitative estimate of drug-likeness (QED) is 0.275. The first-order valence-corrected chi connectivity index (χ1v) is 12.5. The predicted octanol–water partition coefficient (Wildman–Crippen LogP) is 6.08. The monoisotopic (exact) mass is 530 g/mol. The van der Waals surface area contributed by atoms with Gasteiger partial charge in [0.05, 0.1) is 39.2 Å². The minimum absolute atomic E-state index is 0.218. The maximum atomic E-state index is 13.2. The Morgan fingerprint density at radius 1 is 1.06 bits per heavy atom. The molecule has 5 aromatic heterocycles. The third kappa shape index (κ3) is 4.74. The highest BCUT2D eigenvalue weighted by molar-refractivity contribution is 7.16. The maximum absolute atomic E-state index is 13.2. The summed E-state index contributed by atoms with van der Waals surface area (Å²) in [6, 6.07) is 14.1. The highest BCUT2D eigenvalue weighted by Gasteiger charge is 2.20. The molecule has 0 fully saturated rings. The van der Waals surface area contributed by atoms with E-state index in [9.17, 15) is 9.59 Å². The Balaban J connectivity index is 1.50. The van der Waals surface area contributed by atoms with Gasteiger partial charge in [-0.15, -0.1) is 22.7 Å². The second kappa shape index (κ2) is 9.63. The highest BCUT2D eigenvalue weighted by atomic mass is 35.5. The van der Waals surface area contributed by atoms with Crippen LogP contribution in [0.2, 0.25) is 8.67 Å². The van der Waals surface area contributed by atoms with Crippen LogP contribution in [0.4, 0.5) is 5.82 Å². The molecule has 5 rings (SSSR count). The summed E-state index contributed by atoms with van der Waals surface area (Å²) in [5, 5.41) is 7.71. The van der Waals surface area contributed by atoms with Gasteiger partial charge in [0.15, 0.2) is 0 Å². The Labute approximate surface area is 211 Å². The summed E-state index contributed by atoms with van der Waals surface area (Å²) in [6.45, 7) is 0.836. The fraction of sp³-hybridized carbons (Fsp3) is 0.0870. The molecule has 0 aliphatic rings. The van der Waals surface area contributed by atoms with Crippen LogP contribution in [0.5, 0.6) is 0 Å². The number of carbonyl (C=O) groups excluding carboxylic acids is 1. The van der Waals surface area contributed by atoms with Gasteiger partial charge in [0.2, 0.25) is 0 Å². The zero-order valence-electron chi connectivity index (χ0n) is 17.4. The van der Waals surface area contributed by atoms with Crippen LogP contribution in [-0.4, -0.2) is 20.3 Å². The van der Waals surface area contributed by atoms with Crippen LogP contribution in [0, 0.1) is 0 Å². The van der Waals surface area contributed by atoms with E-state index in [0.717, 1.165) is 9.75 Å². The van der Waals surface area contributed by atoms with Gasteiger partial charge < -0.3 is 14.3 Å². The molecule has 11 heteroatoms. The van der Waals surface area contributed by atoms with Crippen molar-refractivity contribution in [1.29, 1.82) is 0 Å². The molecule has 0 bridgehead atoms. The lowest BCUT2D eigenvalue weighted by Crippen LogP contribution is -2.21. The zero-order chi connectivity index (χ0) is 23.7. The van der Waals surface area contributed by atoms with Crippen LogP contribution in [0.1, 0.15) is 20.1 Å². The van der Waals surface area contributed by atoms with Gasteiger partial charge in [-0.25, -0.2) is 0 Å². The van der Waals surface area contributed by atoms with Crippen molar-refractivity contribution in [1.82, 2.24) is 14.3 Å². The van der Waals surface area contributed by atoms with Gasteiger partial charge in [-0.05, 0) is 42.5 Å². The first-order chi connectivity index (χ1) is 16.5. The number of pyridine rings is 1. The standard InChI is InChI=1S/C23H16Cl2N4O3S2/c24-19-5-3-15(33-19)11-26-21-10-18(27-29(21)22(30)14-7-9-32-13-14)17-2-1-8-28(23(17)31)12-16-4-6-20(25)34-16/h1-10,13,26H,11-12H2. The van der Waals surface area contributed by atoms with Gasteiger partial charge in [0.1, 0.15) is 17.8 Å². The summed E-state index contributed by atoms with van der Waals surface area (Å²) < 4.78 is 9.23. The van der Waals surface area contributed by atoms with E-state index in [0.29, 0.717) is 44.4 Å². The highest BCUT2D eigenvalue weighted by Crippen LogP contribution is 2.25. The molecule has 34 heavy (non-hydrogen) atoms. The molecule has 0 aromatic carbocycles. The second-order valence-corrected chi connectivity index (χ2v) is 10.9. The van der Waals surface area contributed by atoms with Crippen molar-refractivity contribution in [3.8, 4) is 11.3 Å². The van der Waals surface area contributed by atoms with E-state index >= 15 is 0 Å². The number of anilines is 1. The molecule has 0 aliphatic heterocycles. The van der Waals surface area contributed by atoms with Crippen molar-refractivity contribution in [2.75, 3.05) is 5.32 Å². The first-order valence-electron chi connectivity index (χ1n) is 10.1. The number of hydrogen-bond acceptors (Lipinski definition) is 7. The number of thiophene rings is 2. The molecule has 0 unspecified atom stereocenters. The predicted molar refractivity (Wildman–Crippen MR) is 135 cm³/mol. The molecule has 0 atom stereocenters. The lowest BCUT2D eigenvalue weighted by molar-refractivity contribution is 0.0947. The van der Waals surface area contributed by atoms with E-state index < -0.39 is 0 Å². The normalized spacial score (nSPS) is 11.1. The molecule has 0 saturated heterocycles. The SMILES string of the molecule is O=C(c1ccoc1)n1nc(-c2cccn(Cc3ccc(Cl)s3)c2=O)cc1NCc1ccc(Cl)s1. The molecule has 0 saturated carbocycles. The molecule has 0 amide bonds. The lowest BCUT2D eigenvalue weighted by atomic mass is 10.2. The van der Waals surface area contributed by atoms with Gasteiger partial charge in [-0.1, -0.05) is 23.2 Å². The van der Waals surface area contributed by atoms with E-state index in [2.05, 4.69) is 10.4 Å². The molecule has 0 spiro atoms. The Morgan fingerprint density at radius 2 is 1.82 bits per heavy atom. The Kier molecular flexibility index (Phi) is 6.42. The minimum Gasteiger partial charge on any atom is -0.472 e. The fourth-order valence-corrected chi connectivity index (χ4v) is 5.50. The smallest absolute Gasteiger partial charge is 0.283 e. The Bertz CT molecular complexity index is 1520. The number of hydrogen-bond donors (Lipinski definition) is 1. The summed E-state index contributed by atoms with van der Waals surface area (Å²) in [5.74, 6) is 0.0711. The third-order valence-corrected chi connectivity index (χ3v) is 7.44. The average molecular weight is 531 g/mol. The number of halogens is 2. The van der Waals surface area contributed by atoms with Crippen molar-refractivity contribution >= 4 is 57.6 Å². The number of nitrogens with one attached hydrogen (secondary N) is 1. The molecule has 172 valence electrons. The maximum Gasteiger partial charge on any atom is 0.283 e. The van der Waals surface area contributed by atoms with Crippen LogP contribution in [-0.2, 0) is 13.1 Å². The van der Waals surface area contributed by atoms with Crippen LogP contribution in [0.15, 0.2) is 76.5 Å². The van der Waals surface area contributed by atoms with Gasteiger partial charge in [-0.3, -0.25) is 9.59 Å². The van der Waals surface area contributed by atoms with Crippen LogP contribution < -0.4 is 10.9 Å².